The molecule has 0 aliphatic rings. The number of aromatic hydroxyl groups is 1. The highest BCUT2D eigenvalue weighted by Crippen LogP contribution is 2.02. The molecule has 14 heavy (non-hydrogen) atoms. The summed E-state index contributed by atoms with van der Waals surface area (Å²) in [6.45, 7) is 2.13. The number of para-hydroxylation sites is 1. The van der Waals surface area contributed by atoms with Gasteiger partial charge in [0.2, 0.25) is 0 Å². The van der Waals surface area contributed by atoms with Crippen LogP contribution in [0, 0.1) is 0 Å². The van der Waals surface area contributed by atoms with E-state index in [4.69, 9.17) is 5.11 Å². The number of phenolic OH excluding ortho intramolecular Hbond substituents is 1. The number of rotatable bonds is 4. The fraction of sp³-hybridized carbons (Fsp3) is 0.417. The maximum atomic E-state index is 9.68. The lowest BCUT2D eigenvalue weighted by molar-refractivity contribution is -0.107. The van der Waals surface area contributed by atoms with Crippen LogP contribution in [-0.2, 0) is 4.79 Å². The van der Waals surface area contributed by atoms with Gasteiger partial charge in [0.05, 0.1) is 0 Å². The van der Waals surface area contributed by atoms with Crippen LogP contribution in [0.4, 0.5) is 0 Å². The van der Waals surface area contributed by atoms with Crippen molar-refractivity contribution in [3.8, 4) is 5.75 Å². The Hall–Kier alpha value is -1.31. The number of benzene rings is 1. The standard InChI is InChI=1S/C6H6O.C6H12O/c7-6-4-2-1-3-5-6;1-2-3-4-5-6-7/h1-5,7H;6H,2-5H2,1H3. The maximum Gasteiger partial charge on any atom is 0.119 e. The van der Waals surface area contributed by atoms with Crippen molar-refractivity contribution >= 4 is 6.29 Å². The average Bonchev–Trinajstić information content (AvgIpc) is 2.21. The Morgan fingerprint density at radius 1 is 1.21 bits per heavy atom. The van der Waals surface area contributed by atoms with Gasteiger partial charge in [0.1, 0.15) is 12.0 Å². The molecule has 0 aliphatic carbocycles. The van der Waals surface area contributed by atoms with Crippen LogP contribution in [-0.4, -0.2) is 11.4 Å². The summed E-state index contributed by atoms with van der Waals surface area (Å²) in [4.78, 5) is 9.68. The fourth-order valence-corrected chi connectivity index (χ4v) is 0.906. The van der Waals surface area contributed by atoms with Crippen LogP contribution < -0.4 is 0 Å². The smallest absolute Gasteiger partial charge is 0.119 e. The van der Waals surface area contributed by atoms with Gasteiger partial charge in [0.15, 0.2) is 0 Å². The summed E-state index contributed by atoms with van der Waals surface area (Å²) in [7, 11) is 0. The minimum absolute atomic E-state index is 0.322. The molecule has 0 saturated carbocycles. The Bertz CT molecular complexity index is 219. The highest BCUT2D eigenvalue weighted by atomic mass is 16.3. The monoisotopic (exact) mass is 194 g/mol. The van der Waals surface area contributed by atoms with Gasteiger partial charge in [0.25, 0.3) is 0 Å². The molecule has 1 rings (SSSR count). The zero-order valence-corrected chi connectivity index (χ0v) is 8.65. The molecular weight excluding hydrogens is 176 g/mol. The van der Waals surface area contributed by atoms with E-state index in [1.54, 1.807) is 24.3 Å². The zero-order chi connectivity index (χ0) is 10.6. The predicted octanol–water partition coefficient (Wildman–Crippen LogP) is 3.16. The zero-order valence-electron chi connectivity index (χ0n) is 8.65. The van der Waals surface area contributed by atoms with Crippen molar-refractivity contribution in [3.63, 3.8) is 0 Å². The van der Waals surface area contributed by atoms with E-state index in [1.165, 1.54) is 12.8 Å². The van der Waals surface area contributed by atoms with Crippen molar-refractivity contribution in [2.75, 3.05) is 0 Å². The van der Waals surface area contributed by atoms with Gasteiger partial charge in [-0.3, -0.25) is 0 Å². The number of aldehydes is 1. The van der Waals surface area contributed by atoms with E-state index in [2.05, 4.69) is 6.92 Å². The average molecular weight is 194 g/mol. The van der Waals surface area contributed by atoms with Crippen LogP contribution >= 0.6 is 0 Å². The lowest BCUT2D eigenvalue weighted by Crippen LogP contribution is -1.73. The number of hydrogen-bond acceptors (Lipinski definition) is 2. The number of hydrogen-bond donors (Lipinski definition) is 1. The first-order chi connectivity index (χ1) is 6.81. The van der Waals surface area contributed by atoms with E-state index in [1.807, 2.05) is 6.07 Å². The molecule has 0 aromatic heterocycles. The number of unbranched alkanes of at least 4 members (excludes halogenated alkanes) is 3. The van der Waals surface area contributed by atoms with Crippen LogP contribution in [0.1, 0.15) is 32.6 Å². The Labute approximate surface area is 85.6 Å². The largest absolute Gasteiger partial charge is 0.508 e. The Balaban J connectivity index is 0.000000241. The SMILES string of the molecule is CCCCCC=O.Oc1ccccc1. The van der Waals surface area contributed by atoms with E-state index >= 15 is 0 Å². The highest BCUT2D eigenvalue weighted by molar-refractivity contribution is 5.48. The molecule has 0 fully saturated rings. The lowest BCUT2D eigenvalue weighted by Gasteiger charge is -1.85. The molecule has 78 valence electrons. The second kappa shape index (κ2) is 9.78. The summed E-state index contributed by atoms with van der Waals surface area (Å²) < 4.78 is 0. The van der Waals surface area contributed by atoms with Gasteiger partial charge in [-0.05, 0) is 18.6 Å². The lowest BCUT2D eigenvalue weighted by atomic mass is 10.2. The highest BCUT2D eigenvalue weighted by Gasteiger charge is 1.80. The fourth-order valence-electron chi connectivity index (χ4n) is 0.906. The molecule has 0 amide bonds. The second-order valence-corrected chi connectivity index (χ2v) is 3.00. The van der Waals surface area contributed by atoms with Crippen molar-refractivity contribution in [1.29, 1.82) is 0 Å². The molecule has 0 spiro atoms. The van der Waals surface area contributed by atoms with E-state index in [0.29, 0.717) is 5.75 Å². The van der Waals surface area contributed by atoms with Gasteiger partial charge in [-0.25, -0.2) is 0 Å². The Morgan fingerprint density at radius 3 is 2.21 bits per heavy atom. The first-order valence-electron chi connectivity index (χ1n) is 4.99. The quantitative estimate of drug-likeness (QED) is 0.590. The molecule has 1 aromatic rings. The minimum atomic E-state index is 0.322. The van der Waals surface area contributed by atoms with E-state index < -0.39 is 0 Å². The number of carbonyl (C=O) groups excluding carboxylic acids is 1. The van der Waals surface area contributed by atoms with Gasteiger partial charge in [-0.2, -0.15) is 0 Å². The summed E-state index contributed by atoms with van der Waals surface area (Å²) >= 11 is 0. The van der Waals surface area contributed by atoms with Crippen LogP contribution in [0.2, 0.25) is 0 Å². The molecule has 0 atom stereocenters. The molecule has 2 heteroatoms. The first kappa shape index (κ1) is 12.7. The van der Waals surface area contributed by atoms with Crippen molar-refractivity contribution in [2.24, 2.45) is 0 Å². The van der Waals surface area contributed by atoms with Crippen molar-refractivity contribution in [3.05, 3.63) is 30.3 Å². The van der Waals surface area contributed by atoms with Gasteiger partial charge in [-0.1, -0.05) is 38.0 Å². The molecule has 1 aromatic carbocycles. The van der Waals surface area contributed by atoms with Crippen molar-refractivity contribution < 1.29 is 9.90 Å². The molecular formula is C12H18O2. The van der Waals surface area contributed by atoms with Gasteiger partial charge >= 0.3 is 0 Å². The summed E-state index contributed by atoms with van der Waals surface area (Å²) in [6.07, 6.45) is 5.19. The van der Waals surface area contributed by atoms with Crippen LogP contribution in [0.3, 0.4) is 0 Å². The third kappa shape index (κ3) is 8.78. The Kier molecular flexibility index (Phi) is 8.86. The van der Waals surface area contributed by atoms with E-state index in [9.17, 15) is 4.79 Å². The van der Waals surface area contributed by atoms with Gasteiger partial charge < -0.3 is 9.90 Å². The second-order valence-electron chi connectivity index (χ2n) is 3.00. The molecule has 0 heterocycles. The topological polar surface area (TPSA) is 37.3 Å². The first-order valence-corrected chi connectivity index (χ1v) is 4.99. The molecule has 2 nitrogen and oxygen atoms in total. The van der Waals surface area contributed by atoms with Gasteiger partial charge in [0, 0.05) is 6.42 Å². The minimum Gasteiger partial charge on any atom is -0.508 e. The summed E-state index contributed by atoms with van der Waals surface area (Å²) in [6, 6.07) is 8.71. The van der Waals surface area contributed by atoms with Crippen LogP contribution in [0.15, 0.2) is 30.3 Å². The van der Waals surface area contributed by atoms with Crippen LogP contribution in [0.25, 0.3) is 0 Å². The number of carbonyl (C=O) groups is 1. The number of phenols is 1. The van der Waals surface area contributed by atoms with Gasteiger partial charge in [-0.15, -0.1) is 0 Å². The summed E-state index contributed by atoms with van der Waals surface area (Å²) in [5.74, 6) is 0.322. The van der Waals surface area contributed by atoms with Crippen molar-refractivity contribution in [1.82, 2.24) is 0 Å². The third-order valence-electron chi connectivity index (χ3n) is 1.68. The summed E-state index contributed by atoms with van der Waals surface area (Å²) in [5, 5.41) is 8.63. The van der Waals surface area contributed by atoms with Crippen LogP contribution in [0.5, 0.6) is 5.75 Å². The maximum absolute atomic E-state index is 9.68. The molecule has 1 N–H and O–H groups in total. The third-order valence-corrected chi connectivity index (χ3v) is 1.68. The molecule has 0 aliphatic heterocycles. The van der Waals surface area contributed by atoms with E-state index in [0.717, 1.165) is 19.1 Å². The molecule has 0 unspecified atom stereocenters. The van der Waals surface area contributed by atoms with Crippen molar-refractivity contribution in [2.45, 2.75) is 32.6 Å². The normalized spacial score (nSPS) is 8.64. The predicted molar refractivity (Wildman–Crippen MR) is 58.3 cm³/mol. The van der Waals surface area contributed by atoms with E-state index in [-0.39, 0.29) is 0 Å². The molecule has 0 radical (unpaired) electrons. The molecule has 0 saturated heterocycles. The summed E-state index contributed by atoms with van der Waals surface area (Å²) in [5.41, 5.74) is 0. The molecule has 0 bridgehead atoms. The Morgan fingerprint density at radius 2 is 1.86 bits per heavy atom.